The number of likely N-dealkylation sites (N-methyl/N-ethyl adjacent to an activating group) is 1. The van der Waals surface area contributed by atoms with E-state index in [9.17, 15) is 9.59 Å². The molecule has 39 heavy (non-hydrogen) atoms. The zero-order valence-corrected chi connectivity index (χ0v) is 24.4. The third kappa shape index (κ3) is 6.98. The summed E-state index contributed by atoms with van der Waals surface area (Å²) in [4.78, 5) is 36.4. The van der Waals surface area contributed by atoms with Crippen LogP contribution >= 0.6 is 34.8 Å². The lowest BCUT2D eigenvalue weighted by atomic mass is 10.1. The van der Waals surface area contributed by atoms with Crippen LogP contribution < -0.4 is 16.2 Å². The Hall–Kier alpha value is -2.95. The first-order chi connectivity index (χ1) is 18.5. The number of nitrogens with one attached hydrogen (secondary N) is 3. The number of aromatic amines is 1. The van der Waals surface area contributed by atoms with E-state index in [1.165, 1.54) is 0 Å². The minimum Gasteiger partial charge on any atom is -0.325 e. The van der Waals surface area contributed by atoms with Gasteiger partial charge >= 0.3 is 0 Å². The van der Waals surface area contributed by atoms with Gasteiger partial charge in [0.05, 0.1) is 22.3 Å². The second-order valence-corrected chi connectivity index (χ2v) is 11.0. The van der Waals surface area contributed by atoms with Gasteiger partial charge in [-0.25, -0.2) is 9.67 Å². The molecule has 0 spiro atoms. The van der Waals surface area contributed by atoms with Crippen LogP contribution in [0.25, 0.3) is 17.1 Å². The van der Waals surface area contributed by atoms with E-state index in [0.29, 0.717) is 55.8 Å². The lowest BCUT2D eigenvalue weighted by Gasteiger charge is -2.12. The summed E-state index contributed by atoms with van der Waals surface area (Å²) in [5.74, 6) is 0.597. The minimum atomic E-state index is -0.388. The number of amides is 1. The van der Waals surface area contributed by atoms with Gasteiger partial charge in [-0.3, -0.25) is 14.7 Å². The van der Waals surface area contributed by atoms with Gasteiger partial charge in [0.2, 0.25) is 5.91 Å². The van der Waals surface area contributed by atoms with Crippen molar-refractivity contribution in [3.8, 4) is 17.1 Å². The fourth-order valence-corrected chi connectivity index (χ4v) is 5.09. The number of aromatic nitrogens is 4. The van der Waals surface area contributed by atoms with Gasteiger partial charge in [0.1, 0.15) is 17.1 Å². The second kappa shape index (κ2) is 12.5. The number of halogens is 3. The SMILES string of the molecule is CC(C)c1[nH]n(-c2c(Cl)cc(Cl)cc2Cl)c2nc(Cc3ccc(NC(=O)CNCCN(C)C)cc3)nc(=O)c1-2. The summed E-state index contributed by atoms with van der Waals surface area (Å²) in [7, 11) is 3.96. The Labute approximate surface area is 241 Å². The highest BCUT2D eigenvalue weighted by Crippen LogP contribution is 2.36. The van der Waals surface area contributed by atoms with Crippen LogP contribution in [0.1, 0.15) is 36.8 Å². The first-order valence-corrected chi connectivity index (χ1v) is 13.6. The maximum atomic E-state index is 13.2. The Balaban J connectivity index is 1.58. The van der Waals surface area contributed by atoms with Crippen molar-refractivity contribution in [3.63, 3.8) is 0 Å². The number of nitrogens with zero attached hydrogens (tertiary/aromatic N) is 4. The molecule has 0 atom stereocenters. The molecule has 206 valence electrons. The molecule has 2 aromatic rings. The van der Waals surface area contributed by atoms with Gasteiger partial charge in [0, 0.05) is 30.2 Å². The van der Waals surface area contributed by atoms with Crippen molar-refractivity contribution in [2.24, 2.45) is 0 Å². The molecule has 2 aliphatic rings. The number of rotatable bonds is 10. The van der Waals surface area contributed by atoms with Crippen molar-refractivity contribution in [1.82, 2.24) is 30.0 Å². The number of benzene rings is 2. The molecule has 4 rings (SSSR count). The average Bonchev–Trinajstić information content (AvgIpc) is 3.22. The molecule has 0 saturated heterocycles. The average molecular weight is 591 g/mol. The van der Waals surface area contributed by atoms with Gasteiger partial charge in [0.25, 0.3) is 5.56 Å². The van der Waals surface area contributed by atoms with Gasteiger partial charge in [0.15, 0.2) is 5.82 Å². The van der Waals surface area contributed by atoms with Crippen molar-refractivity contribution >= 4 is 46.4 Å². The molecule has 12 heteroatoms. The molecule has 1 amide bonds. The highest BCUT2D eigenvalue weighted by molar-refractivity contribution is 6.40. The maximum Gasteiger partial charge on any atom is 0.284 e. The van der Waals surface area contributed by atoms with Crippen molar-refractivity contribution in [2.75, 3.05) is 39.0 Å². The van der Waals surface area contributed by atoms with Crippen molar-refractivity contribution in [3.05, 3.63) is 78.9 Å². The first-order valence-electron chi connectivity index (χ1n) is 12.4. The topological polar surface area (TPSA) is 108 Å². The quantitative estimate of drug-likeness (QED) is 0.229. The van der Waals surface area contributed by atoms with Crippen LogP contribution in [-0.4, -0.2) is 64.3 Å². The monoisotopic (exact) mass is 589 g/mol. The van der Waals surface area contributed by atoms with E-state index in [1.54, 1.807) is 16.8 Å². The largest absolute Gasteiger partial charge is 0.325 e. The number of carbonyl (C=O) groups excluding carboxylic acids is 1. The van der Waals surface area contributed by atoms with Crippen LogP contribution in [0.3, 0.4) is 0 Å². The zero-order chi connectivity index (χ0) is 28.3. The van der Waals surface area contributed by atoms with Crippen LogP contribution in [0.4, 0.5) is 5.69 Å². The fourth-order valence-electron chi connectivity index (χ4n) is 4.10. The van der Waals surface area contributed by atoms with E-state index in [1.807, 2.05) is 57.1 Å². The molecule has 3 N–H and O–H groups in total. The van der Waals surface area contributed by atoms with Gasteiger partial charge in [-0.15, -0.1) is 0 Å². The molecule has 0 radical (unpaired) electrons. The van der Waals surface area contributed by atoms with Gasteiger partial charge in [-0.05, 0) is 49.8 Å². The summed E-state index contributed by atoms with van der Waals surface area (Å²) < 4.78 is 1.61. The Morgan fingerprint density at radius 2 is 1.74 bits per heavy atom. The molecule has 2 heterocycles. The number of fused-ring (bicyclic) bond motifs is 1. The molecule has 0 unspecified atom stereocenters. The minimum absolute atomic E-state index is 0.00769. The Morgan fingerprint density at radius 1 is 1.08 bits per heavy atom. The highest BCUT2D eigenvalue weighted by atomic mass is 35.5. The predicted octanol–water partition coefficient (Wildman–Crippen LogP) is 4.82. The summed E-state index contributed by atoms with van der Waals surface area (Å²) in [5.41, 5.74) is 2.68. The van der Waals surface area contributed by atoms with Crippen LogP contribution in [-0.2, 0) is 11.2 Å². The summed E-state index contributed by atoms with van der Waals surface area (Å²) in [5, 5.41) is 10.2. The predicted molar refractivity (Wildman–Crippen MR) is 157 cm³/mol. The summed E-state index contributed by atoms with van der Waals surface area (Å²) >= 11 is 19.1. The van der Waals surface area contributed by atoms with E-state index in [0.717, 1.165) is 18.7 Å². The molecule has 0 saturated carbocycles. The Kier molecular flexibility index (Phi) is 9.30. The van der Waals surface area contributed by atoms with Gasteiger partial charge in [-0.1, -0.05) is 60.8 Å². The highest BCUT2D eigenvalue weighted by Gasteiger charge is 2.27. The number of hydrogen-bond acceptors (Lipinski definition) is 6. The van der Waals surface area contributed by atoms with Crippen molar-refractivity contribution in [2.45, 2.75) is 26.2 Å². The lowest BCUT2D eigenvalue weighted by molar-refractivity contribution is -0.115. The molecule has 0 aromatic heterocycles. The van der Waals surface area contributed by atoms with E-state index in [2.05, 4.69) is 20.7 Å². The lowest BCUT2D eigenvalue weighted by Crippen LogP contribution is -2.33. The second-order valence-electron chi connectivity index (χ2n) is 9.78. The van der Waals surface area contributed by atoms with Gasteiger partial charge in [-0.2, -0.15) is 4.98 Å². The maximum absolute atomic E-state index is 13.2. The van der Waals surface area contributed by atoms with Crippen LogP contribution in [0.5, 0.6) is 0 Å². The molecule has 9 nitrogen and oxygen atoms in total. The van der Waals surface area contributed by atoms with Crippen molar-refractivity contribution in [1.29, 1.82) is 0 Å². The summed E-state index contributed by atoms with van der Waals surface area (Å²) in [6, 6.07) is 10.5. The molecule has 0 fully saturated rings. The van der Waals surface area contributed by atoms with E-state index >= 15 is 0 Å². The third-order valence-corrected chi connectivity index (χ3v) is 6.81. The number of carbonyl (C=O) groups is 1. The summed E-state index contributed by atoms with van der Waals surface area (Å²) in [6.07, 6.45) is 0.315. The third-order valence-electron chi connectivity index (χ3n) is 6.02. The van der Waals surface area contributed by atoms with Crippen molar-refractivity contribution < 1.29 is 4.79 Å². The smallest absolute Gasteiger partial charge is 0.284 e. The molecule has 2 aromatic carbocycles. The first kappa shape index (κ1) is 29.0. The summed E-state index contributed by atoms with van der Waals surface area (Å²) in [6.45, 7) is 5.73. The van der Waals surface area contributed by atoms with Gasteiger partial charge < -0.3 is 15.5 Å². The normalized spacial score (nSPS) is 11.6. The molecular weight excluding hydrogens is 561 g/mol. The number of H-pyrrole nitrogens is 1. The fraction of sp³-hybridized carbons (Fsp3) is 0.333. The van der Waals surface area contributed by atoms with Crippen LogP contribution in [0.15, 0.2) is 41.2 Å². The number of hydrogen-bond donors (Lipinski definition) is 3. The molecule has 0 aliphatic carbocycles. The molecule has 2 aliphatic heterocycles. The Bertz CT molecular complexity index is 1470. The number of anilines is 1. The van der Waals surface area contributed by atoms with E-state index in [-0.39, 0.29) is 23.9 Å². The van der Waals surface area contributed by atoms with Crippen LogP contribution in [0.2, 0.25) is 15.1 Å². The van der Waals surface area contributed by atoms with E-state index < -0.39 is 0 Å². The van der Waals surface area contributed by atoms with Crippen LogP contribution in [0, 0.1) is 0 Å². The van der Waals surface area contributed by atoms with E-state index in [4.69, 9.17) is 39.8 Å². The molecule has 0 bridgehead atoms. The standard InChI is InChI=1S/C27H30Cl3N7O2/c1-15(2)24-23-26(37(35-24)25-19(29)12-17(28)13-20(25)30)33-21(34-27(23)39)11-16-5-7-18(8-6-16)32-22(38)14-31-9-10-36(3)4/h5-8,12-13,15,31,35H,9-11,14H2,1-4H3,(H,32,38). The molecular formula is C27H30Cl3N7O2. The zero-order valence-electron chi connectivity index (χ0n) is 22.1. The Morgan fingerprint density at radius 3 is 2.36 bits per heavy atom.